The summed E-state index contributed by atoms with van der Waals surface area (Å²) in [4.78, 5) is 1.12. The molecular weight excluding hydrogens is 252 g/mol. The first-order chi connectivity index (χ1) is 9.19. The Hall–Kier alpha value is -0.980. The number of nitrogens with zero attached hydrogens (tertiary/aromatic N) is 1. The molecule has 2 nitrogen and oxygen atoms in total. The molecule has 2 rings (SSSR count). The molecule has 0 spiro atoms. The lowest BCUT2D eigenvalue weighted by Crippen LogP contribution is -2.15. The van der Waals surface area contributed by atoms with Crippen molar-refractivity contribution >= 4 is 11.8 Å². The third kappa shape index (κ3) is 4.89. The van der Waals surface area contributed by atoms with Crippen LogP contribution in [0.5, 0.6) is 0 Å². The second-order valence-corrected chi connectivity index (χ2v) is 6.77. The second-order valence-electron chi connectivity index (χ2n) is 5.63. The zero-order valence-corrected chi connectivity index (χ0v) is 12.6. The molecule has 0 bridgehead atoms. The number of benzene rings is 1. The van der Waals surface area contributed by atoms with Gasteiger partial charge in [0.05, 0.1) is 5.56 Å². The van der Waals surface area contributed by atoms with Gasteiger partial charge in [0.1, 0.15) is 6.07 Å². The Morgan fingerprint density at radius 2 is 2.21 bits per heavy atom. The van der Waals surface area contributed by atoms with Crippen LogP contribution in [0.25, 0.3) is 0 Å². The quantitative estimate of drug-likeness (QED) is 0.765. The summed E-state index contributed by atoms with van der Waals surface area (Å²) in [5, 5.41) is 12.7. The maximum atomic E-state index is 9.26. The Balaban J connectivity index is 1.93. The van der Waals surface area contributed by atoms with Gasteiger partial charge in [0, 0.05) is 17.5 Å². The highest BCUT2D eigenvalue weighted by Crippen LogP contribution is 2.26. The molecule has 1 saturated carbocycles. The number of nitrogens with one attached hydrogen (secondary N) is 1. The van der Waals surface area contributed by atoms with Gasteiger partial charge in [0.15, 0.2) is 0 Å². The summed E-state index contributed by atoms with van der Waals surface area (Å²) in [5.74, 6) is 1.81. The monoisotopic (exact) mass is 274 g/mol. The van der Waals surface area contributed by atoms with E-state index in [1.165, 1.54) is 24.8 Å². The van der Waals surface area contributed by atoms with E-state index in [0.29, 0.717) is 6.04 Å². The van der Waals surface area contributed by atoms with Gasteiger partial charge in [-0.1, -0.05) is 19.9 Å². The van der Waals surface area contributed by atoms with Crippen LogP contribution in [0.3, 0.4) is 0 Å². The van der Waals surface area contributed by atoms with E-state index in [1.807, 2.05) is 6.07 Å². The van der Waals surface area contributed by atoms with E-state index in [2.05, 4.69) is 37.4 Å². The minimum Gasteiger partial charge on any atom is -0.310 e. The van der Waals surface area contributed by atoms with E-state index >= 15 is 0 Å². The van der Waals surface area contributed by atoms with Gasteiger partial charge in [0.2, 0.25) is 0 Å². The van der Waals surface area contributed by atoms with Crippen molar-refractivity contribution in [2.45, 2.75) is 50.6 Å². The molecule has 1 aliphatic rings. The first-order valence-electron chi connectivity index (χ1n) is 7.08. The van der Waals surface area contributed by atoms with Crippen LogP contribution in [0, 0.1) is 17.2 Å². The molecule has 1 N–H and O–H groups in total. The van der Waals surface area contributed by atoms with E-state index in [4.69, 9.17) is 0 Å². The highest BCUT2D eigenvalue weighted by atomic mass is 32.2. The topological polar surface area (TPSA) is 35.8 Å². The molecule has 0 atom stereocenters. The first kappa shape index (κ1) is 14.4. The van der Waals surface area contributed by atoms with Crippen LogP contribution in [0.1, 0.15) is 44.2 Å². The number of thioether (sulfide) groups is 1. The van der Waals surface area contributed by atoms with Gasteiger partial charge < -0.3 is 5.32 Å². The molecule has 0 saturated heterocycles. The van der Waals surface area contributed by atoms with Gasteiger partial charge in [-0.25, -0.2) is 0 Å². The van der Waals surface area contributed by atoms with Crippen molar-refractivity contribution in [2.75, 3.05) is 5.75 Å². The van der Waals surface area contributed by atoms with E-state index < -0.39 is 0 Å². The average Bonchev–Trinajstić information content (AvgIpc) is 3.21. The van der Waals surface area contributed by atoms with Gasteiger partial charge >= 0.3 is 0 Å². The number of rotatable bonds is 7. The first-order valence-corrected chi connectivity index (χ1v) is 8.07. The van der Waals surface area contributed by atoms with E-state index in [1.54, 1.807) is 11.8 Å². The predicted octanol–water partition coefficient (Wildman–Crippen LogP) is 3.95. The molecule has 0 amide bonds. The number of nitriles is 1. The Bertz CT molecular complexity index is 458. The largest absolute Gasteiger partial charge is 0.310 e. The smallest absolute Gasteiger partial charge is 0.100 e. The fourth-order valence-corrected chi connectivity index (χ4v) is 3.09. The van der Waals surface area contributed by atoms with Gasteiger partial charge in [-0.05, 0) is 48.6 Å². The van der Waals surface area contributed by atoms with Crippen LogP contribution in [0.2, 0.25) is 0 Å². The molecule has 0 heterocycles. The summed E-state index contributed by atoms with van der Waals surface area (Å²) in [6.07, 6.45) is 3.79. The fraction of sp³-hybridized carbons (Fsp3) is 0.562. The van der Waals surface area contributed by atoms with Crippen LogP contribution >= 0.6 is 11.8 Å². The van der Waals surface area contributed by atoms with Gasteiger partial charge in [-0.2, -0.15) is 5.26 Å². The summed E-state index contributed by atoms with van der Waals surface area (Å²) in [6, 6.07) is 9.33. The highest BCUT2D eigenvalue weighted by molar-refractivity contribution is 7.99. The molecular formula is C16H22N2S. The predicted molar refractivity (Wildman–Crippen MR) is 81.2 cm³/mol. The molecule has 3 heteroatoms. The zero-order chi connectivity index (χ0) is 13.7. The molecule has 0 aliphatic heterocycles. The average molecular weight is 274 g/mol. The molecule has 1 aliphatic carbocycles. The Morgan fingerprint density at radius 1 is 1.42 bits per heavy atom. The third-order valence-electron chi connectivity index (χ3n) is 3.29. The van der Waals surface area contributed by atoms with Crippen molar-refractivity contribution < 1.29 is 0 Å². The van der Waals surface area contributed by atoms with E-state index in [-0.39, 0.29) is 0 Å². The molecule has 1 aromatic carbocycles. The molecule has 1 fully saturated rings. The summed E-state index contributed by atoms with van der Waals surface area (Å²) in [7, 11) is 0. The fourth-order valence-electron chi connectivity index (χ4n) is 1.85. The number of hydrogen-bond acceptors (Lipinski definition) is 3. The highest BCUT2D eigenvalue weighted by Gasteiger charge is 2.20. The van der Waals surface area contributed by atoms with Crippen LogP contribution in [-0.4, -0.2) is 11.8 Å². The second kappa shape index (κ2) is 6.98. The third-order valence-corrected chi connectivity index (χ3v) is 4.40. The Morgan fingerprint density at radius 3 is 2.84 bits per heavy atom. The van der Waals surface area contributed by atoms with E-state index in [9.17, 15) is 5.26 Å². The zero-order valence-electron chi connectivity index (χ0n) is 11.8. The Labute approximate surface area is 120 Å². The van der Waals surface area contributed by atoms with Gasteiger partial charge in [0.25, 0.3) is 0 Å². The van der Waals surface area contributed by atoms with Crippen LogP contribution < -0.4 is 5.32 Å². The molecule has 19 heavy (non-hydrogen) atoms. The van der Waals surface area contributed by atoms with Crippen molar-refractivity contribution in [3.8, 4) is 6.07 Å². The summed E-state index contributed by atoms with van der Waals surface area (Å²) in [6.45, 7) is 5.35. The maximum absolute atomic E-state index is 9.26. The van der Waals surface area contributed by atoms with Crippen molar-refractivity contribution in [1.29, 1.82) is 5.26 Å². The lowest BCUT2D eigenvalue weighted by molar-refractivity contribution is 0.632. The SMILES string of the molecule is CC(C)CCSc1ccc(CNC2CC2)cc1C#N. The number of hydrogen-bond donors (Lipinski definition) is 1. The van der Waals surface area contributed by atoms with Crippen LogP contribution in [0.4, 0.5) is 0 Å². The van der Waals surface area contributed by atoms with Crippen molar-refractivity contribution in [1.82, 2.24) is 5.32 Å². The van der Waals surface area contributed by atoms with Crippen molar-refractivity contribution in [3.05, 3.63) is 29.3 Å². The maximum Gasteiger partial charge on any atom is 0.100 e. The van der Waals surface area contributed by atoms with Gasteiger partial charge in [-0.3, -0.25) is 0 Å². The Kier molecular flexibility index (Phi) is 5.30. The molecule has 1 aromatic rings. The minimum absolute atomic E-state index is 0.714. The minimum atomic E-state index is 0.714. The molecule has 0 unspecified atom stereocenters. The normalized spacial score (nSPS) is 14.6. The summed E-state index contributed by atoms with van der Waals surface area (Å²) in [5.41, 5.74) is 2.04. The molecule has 102 valence electrons. The van der Waals surface area contributed by atoms with Crippen molar-refractivity contribution in [2.24, 2.45) is 5.92 Å². The molecule has 0 aromatic heterocycles. The molecule has 0 radical (unpaired) electrons. The lowest BCUT2D eigenvalue weighted by Gasteiger charge is -2.08. The van der Waals surface area contributed by atoms with Crippen molar-refractivity contribution in [3.63, 3.8) is 0 Å². The lowest BCUT2D eigenvalue weighted by atomic mass is 10.1. The summed E-state index contributed by atoms with van der Waals surface area (Å²) < 4.78 is 0. The summed E-state index contributed by atoms with van der Waals surface area (Å²) >= 11 is 1.80. The van der Waals surface area contributed by atoms with Gasteiger partial charge in [-0.15, -0.1) is 11.8 Å². The van der Waals surface area contributed by atoms with Crippen LogP contribution in [-0.2, 0) is 6.54 Å². The van der Waals surface area contributed by atoms with Crippen LogP contribution in [0.15, 0.2) is 23.1 Å². The standard InChI is InChI=1S/C16H22N2S/c1-12(2)7-8-19-16-6-3-13(9-14(16)10-17)11-18-15-4-5-15/h3,6,9,12,15,18H,4-5,7-8,11H2,1-2H3. The van der Waals surface area contributed by atoms with E-state index in [0.717, 1.165) is 28.7 Å².